The number of benzene rings is 2. The third kappa shape index (κ3) is 10.2. The monoisotopic (exact) mass is 655 g/mol. The second-order valence-electron chi connectivity index (χ2n) is 13.8. The maximum atomic E-state index is 14.1. The molecule has 0 heterocycles. The van der Waals surface area contributed by atoms with Gasteiger partial charge in [-0.25, -0.2) is 4.72 Å². The molecule has 2 aromatic carbocycles. The van der Waals surface area contributed by atoms with Crippen LogP contribution in [0.1, 0.15) is 72.1 Å². The van der Waals surface area contributed by atoms with Gasteiger partial charge in [0.1, 0.15) is 6.04 Å². The molecule has 0 saturated heterocycles. The zero-order valence-electron chi connectivity index (χ0n) is 29.2. The van der Waals surface area contributed by atoms with E-state index in [1.165, 1.54) is 11.8 Å². The number of hydrogen-bond acceptors (Lipinski definition) is 6. The van der Waals surface area contributed by atoms with Crippen LogP contribution < -0.4 is 20.1 Å². The molecule has 3 atom stereocenters. The summed E-state index contributed by atoms with van der Waals surface area (Å²) in [6.45, 7) is 16.8. The highest BCUT2D eigenvalue weighted by Gasteiger charge is 2.41. The predicted octanol–water partition coefficient (Wildman–Crippen LogP) is 3.97. The summed E-state index contributed by atoms with van der Waals surface area (Å²) in [6.07, 6.45) is 1.59. The first-order chi connectivity index (χ1) is 21.2. The first-order valence-corrected chi connectivity index (χ1v) is 17.1. The van der Waals surface area contributed by atoms with E-state index in [-0.39, 0.29) is 29.9 Å². The van der Waals surface area contributed by atoms with Gasteiger partial charge in [0.05, 0.1) is 12.1 Å². The van der Waals surface area contributed by atoms with Crippen LogP contribution in [0.2, 0.25) is 0 Å². The summed E-state index contributed by atoms with van der Waals surface area (Å²) in [5.74, 6) is -1.58. The summed E-state index contributed by atoms with van der Waals surface area (Å²) in [5.41, 5.74) is 1.59. The van der Waals surface area contributed by atoms with Crippen molar-refractivity contribution >= 4 is 27.9 Å². The van der Waals surface area contributed by atoms with E-state index in [0.717, 1.165) is 16.7 Å². The van der Waals surface area contributed by atoms with E-state index in [0.29, 0.717) is 0 Å². The van der Waals surface area contributed by atoms with Crippen LogP contribution >= 0.6 is 0 Å². The van der Waals surface area contributed by atoms with Crippen LogP contribution in [-0.4, -0.2) is 63.3 Å². The number of rotatable bonds is 14. The van der Waals surface area contributed by atoms with Gasteiger partial charge in [0, 0.05) is 24.6 Å². The molecule has 254 valence electrons. The maximum Gasteiger partial charge on any atom is 0.301 e. The summed E-state index contributed by atoms with van der Waals surface area (Å²) < 4.78 is 29.8. The molecule has 0 unspecified atom stereocenters. The molecule has 0 radical (unpaired) electrons. The Morgan fingerprint density at radius 3 is 2.00 bits per heavy atom. The van der Waals surface area contributed by atoms with E-state index in [9.17, 15) is 22.8 Å². The molecule has 3 amide bonds. The van der Waals surface area contributed by atoms with Gasteiger partial charge in [-0.3, -0.25) is 14.4 Å². The van der Waals surface area contributed by atoms with Gasteiger partial charge >= 0.3 is 10.2 Å². The van der Waals surface area contributed by atoms with Gasteiger partial charge in [0.15, 0.2) is 0 Å². The number of hydrogen-bond donors (Lipinski definition) is 4. The molecule has 0 saturated carbocycles. The Kier molecular flexibility index (Phi) is 13.3. The molecule has 0 aliphatic heterocycles. The van der Waals surface area contributed by atoms with Gasteiger partial charge in [-0.15, -0.1) is 0 Å². The predicted molar refractivity (Wildman–Crippen MR) is 184 cm³/mol. The van der Waals surface area contributed by atoms with E-state index in [1.54, 1.807) is 26.2 Å². The van der Waals surface area contributed by atoms with Crippen molar-refractivity contribution in [1.29, 1.82) is 0 Å². The van der Waals surface area contributed by atoms with Crippen molar-refractivity contribution in [3.8, 4) is 0 Å². The van der Waals surface area contributed by atoms with Crippen molar-refractivity contribution in [2.24, 2.45) is 11.3 Å². The minimum absolute atomic E-state index is 0.0285. The van der Waals surface area contributed by atoms with Crippen molar-refractivity contribution in [2.75, 3.05) is 14.1 Å². The lowest BCUT2D eigenvalue weighted by molar-refractivity contribution is -0.140. The molecule has 0 aromatic heterocycles. The minimum Gasteiger partial charge on any atom is -0.342 e. The zero-order valence-corrected chi connectivity index (χ0v) is 30.0. The lowest BCUT2D eigenvalue weighted by Gasteiger charge is -2.40. The van der Waals surface area contributed by atoms with Crippen molar-refractivity contribution in [2.45, 2.75) is 92.4 Å². The highest BCUT2D eigenvalue weighted by atomic mass is 32.2. The first kappa shape index (κ1) is 38.6. The van der Waals surface area contributed by atoms with Gasteiger partial charge in [0.2, 0.25) is 11.8 Å². The zero-order chi connectivity index (χ0) is 35.0. The van der Waals surface area contributed by atoms with Crippen LogP contribution in [0.3, 0.4) is 0 Å². The average molecular weight is 656 g/mol. The third-order valence-corrected chi connectivity index (χ3v) is 9.37. The van der Waals surface area contributed by atoms with Crippen molar-refractivity contribution in [3.63, 3.8) is 0 Å². The molecular weight excluding hydrogens is 602 g/mol. The molecule has 0 fully saturated rings. The Balaban J connectivity index is 2.26. The lowest BCUT2D eigenvalue weighted by Crippen LogP contribution is -2.61. The molecule has 0 aliphatic carbocycles. The first-order valence-electron chi connectivity index (χ1n) is 15.6. The van der Waals surface area contributed by atoms with E-state index >= 15 is 0 Å². The molecule has 10 nitrogen and oxygen atoms in total. The van der Waals surface area contributed by atoms with E-state index in [2.05, 4.69) is 20.1 Å². The summed E-state index contributed by atoms with van der Waals surface area (Å²) in [4.78, 5) is 42.3. The summed E-state index contributed by atoms with van der Waals surface area (Å²) in [6, 6.07) is 15.0. The van der Waals surface area contributed by atoms with Crippen molar-refractivity contribution in [1.82, 2.24) is 25.0 Å². The second kappa shape index (κ2) is 15.8. The fourth-order valence-electron chi connectivity index (χ4n) is 5.38. The number of carbonyl (C=O) groups excluding carboxylic acids is 3. The smallest absolute Gasteiger partial charge is 0.301 e. The van der Waals surface area contributed by atoms with Crippen LogP contribution in [0.15, 0.2) is 66.2 Å². The van der Waals surface area contributed by atoms with E-state index < -0.39 is 45.1 Å². The van der Waals surface area contributed by atoms with Crippen LogP contribution in [0.5, 0.6) is 0 Å². The van der Waals surface area contributed by atoms with Crippen molar-refractivity contribution < 1.29 is 22.8 Å². The molecular formula is C35H53N5O5S. The molecule has 2 rings (SSSR count). The van der Waals surface area contributed by atoms with Crippen LogP contribution in [0.25, 0.3) is 0 Å². The Morgan fingerprint density at radius 2 is 1.48 bits per heavy atom. The maximum absolute atomic E-state index is 14.1. The Morgan fingerprint density at radius 1 is 0.913 bits per heavy atom. The number of likely N-dealkylation sites (N-methyl/N-ethyl adjacent to an activating group) is 2. The van der Waals surface area contributed by atoms with Gasteiger partial charge in [-0.1, -0.05) is 109 Å². The van der Waals surface area contributed by atoms with Crippen LogP contribution in [-0.2, 0) is 36.6 Å². The Hall–Kier alpha value is -3.54. The standard InChI is InChI=1S/C35H53N5O5S/c1-23(2)28(21-25(4)31(41)39-46(44,45)37-22-26-18-16-15-17-24(26)3)40(11)33(43)30(34(5,6)7)38-32(42)29(36-10)35(8,9)27-19-13-12-14-20-27/h12-21,23,28-30,36-37H,22H2,1-11H3,(H,38,42)(H,39,41)/b25-21+/t28-,29-,30-/m1/s1. The number of aryl methyl sites for hydroxylation is 1. The molecule has 4 N–H and O–H groups in total. The molecule has 11 heteroatoms. The van der Waals surface area contributed by atoms with Gasteiger partial charge in [-0.05, 0) is 48.9 Å². The Bertz CT molecular complexity index is 1500. The van der Waals surface area contributed by atoms with Crippen LogP contribution in [0.4, 0.5) is 0 Å². The molecule has 0 bridgehead atoms. The summed E-state index contributed by atoms with van der Waals surface area (Å²) >= 11 is 0. The molecule has 0 spiro atoms. The quantitative estimate of drug-likeness (QED) is 0.228. The topological polar surface area (TPSA) is 137 Å². The fourth-order valence-corrected chi connectivity index (χ4v) is 6.20. The largest absolute Gasteiger partial charge is 0.342 e. The highest BCUT2D eigenvalue weighted by Crippen LogP contribution is 2.29. The van der Waals surface area contributed by atoms with E-state index in [4.69, 9.17) is 0 Å². The average Bonchev–Trinajstić information content (AvgIpc) is 2.97. The van der Waals surface area contributed by atoms with Gasteiger partial charge in [0.25, 0.3) is 5.91 Å². The molecule has 2 aromatic rings. The van der Waals surface area contributed by atoms with Crippen LogP contribution in [0, 0.1) is 18.3 Å². The molecule has 46 heavy (non-hydrogen) atoms. The number of nitrogens with zero attached hydrogens (tertiary/aromatic N) is 1. The fraction of sp³-hybridized carbons (Fsp3) is 0.514. The summed E-state index contributed by atoms with van der Waals surface area (Å²) in [5, 5.41) is 6.16. The lowest BCUT2D eigenvalue weighted by atomic mass is 9.76. The van der Waals surface area contributed by atoms with Gasteiger partial charge < -0.3 is 15.5 Å². The van der Waals surface area contributed by atoms with E-state index in [1.807, 2.05) is 104 Å². The van der Waals surface area contributed by atoms with Crippen molar-refractivity contribution in [3.05, 3.63) is 82.9 Å². The number of amides is 3. The second-order valence-corrected chi connectivity index (χ2v) is 15.3. The third-order valence-electron chi connectivity index (χ3n) is 8.39. The SMILES string of the molecule is CN[C@H](C(=O)N[C@H](C(=O)N(C)[C@H](/C=C(\C)C(=O)NS(=O)(=O)NCc1ccccc1C)C(C)C)C(C)(C)C)C(C)(C)c1ccccc1. The summed E-state index contributed by atoms with van der Waals surface area (Å²) in [7, 11) is -0.796. The number of carbonyl (C=O) groups is 3. The number of nitrogens with one attached hydrogen (secondary N) is 4. The van der Waals surface area contributed by atoms with Gasteiger partial charge in [-0.2, -0.15) is 13.1 Å². The highest BCUT2D eigenvalue weighted by molar-refractivity contribution is 7.88. The minimum atomic E-state index is -4.15. The molecule has 0 aliphatic rings. The normalized spacial score (nSPS) is 14.7. The Labute approximate surface area is 276 Å².